The maximum absolute atomic E-state index is 13.7. The van der Waals surface area contributed by atoms with Crippen LogP contribution < -0.4 is 10.2 Å². The van der Waals surface area contributed by atoms with Crippen molar-refractivity contribution in [1.82, 2.24) is 14.9 Å². The van der Waals surface area contributed by atoms with E-state index in [-0.39, 0.29) is 6.04 Å². The molecule has 0 bridgehead atoms. The summed E-state index contributed by atoms with van der Waals surface area (Å²) in [6.07, 6.45) is 5.15. The molecule has 1 aromatic carbocycles. The van der Waals surface area contributed by atoms with Gasteiger partial charge in [-0.05, 0) is 37.5 Å². The van der Waals surface area contributed by atoms with Crippen LogP contribution in [0.1, 0.15) is 18.4 Å². The van der Waals surface area contributed by atoms with Crippen molar-refractivity contribution < 1.29 is 13.6 Å². The zero-order valence-corrected chi connectivity index (χ0v) is 14.7. The molecule has 1 aromatic heterocycles. The maximum atomic E-state index is 13.7. The molecule has 1 saturated heterocycles. The van der Waals surface area contributed by atoms with Crippen molar-refractivity contribution in [1.29, 1.82) is 0 Å². The van der Waals surface area contributed by atoms with Crippen LogP contribution in [0.5, 0.6) is 0 Å². The predicted octanol–water partition coefficient (Wildman–Crippen LogP) is 3.20. The Labute approximate surface area is 150 Å². The number of urea groups is 1. The average Bonchev–Trinajstić information content (AvgIpc) is 2.65. The second-order valence-corrected chi connectivity index (χ2v) is 6.44. The van der Waals surface area contributed by atoms with Gasteiger partial charge in [0.1, 0.15) is 17.3 Å². The van der Waals surface area contributed by atoms with E-state index in [1.54, 1.807) is 17.3 Å². The van der Waals surface area contributed by atoms with Crippen LogP contribution in [-0.2, 0) is 0 Å². The van der Waals surface area contributed by atoms with Gasteiger partial charge in [-0.1, -0.05) is 6.07 Å². The van der Waals surface area contributed by atoms with E-state index >= 15 is 0 Å². The first-order valence-corrected chi connectivity index (χ1v) is 8.47. The molecule has 0 aliphatic carbocycles. The third-order valence-corrected chi connectivity index (χ3v) is 4.51. The molecule has 1 fully saturated rings. The molecule has 1 atom stereocenters. The van der Waals surface area contributed by atoms with Gasteiger partial charge in [-0.15, -0.1) is 0 Å². The van der Waals surface area contributed by atoms with E-state index < -0.39 is 23.4 Å². The number of nitrogens with zero attached hydrogens (tertiary/aromatic N) is 4. The lowest BCUT2D eigenvalue weighted by Crippen LogP contribution is -2.50. The predicted molar refractivity (Wildman–Crippen MR) is 95.1 cm³/mol. The van der Waals surface area contributed by atoms with E-state index in [0.717, 1.165) is 30.5 Å². The van der Waals surface area contributed by atoms with Gasteiger partial charge in [0.2, 0.25) is 5.95 Å². The topological polar surface area (TPSA) is 61.4 Å². The fourth-order valence-corrected chi connectivity index (χ4v) is 2.99. The fourth-order valence-electron chi connectivity index (χ4n) is 2.99. The molecule has 0 saturated carbocycles. The van der Waals surface area contributed by atoms with Crippen molar-refractivity contribution in [2.75, 3.05) is 30.4 Å². The van der Waals surface area contributed by atoms with E-state index in [9.17, 15) is 13.6 Å². The largest absolute Gasteiger partial charge is 0.339 e. The van der Waals surface area contributed by atoms with E-state index in [0.29, 0.717) is 19.0 Å². The van der Waals surface area contributed by atoms with Crippen LogP contribution in [-0.4, -0.2) is 47.1 Å². The third-order valence-electron chi connectivity index (χ3n) is 4.51. The molecule has 1 N–H and O–H groups in total. The number of carbonyl (C=O) groups is 1. The molecule has 1 unspecified atom stereocenters. The number of benzene rings is 1. The van der Waals surface area contributed by atoms with Crippen LogP contribution in [0.4, 0.5) is 25.2 Å². The molecular formula is C18H21F2N5O. The summed E-state index contributed by atoms with van der Waals surface area (Å²) in [6, 6.07) is 2.99. The van der Waals surface area contributed by atoms with E-state index in [2.05, 4.69) is 15.3 Å². The third kappa shape index (κ3) is 3.89. The zero-order valence-electron chi connectivity index (χ0n) is 14.7. The van der Waals surface area contributed by atoms with Crippen LogP contribution in [0.2, 0.25) is 0 Å². The summed E-state index contributed by atoms with van der Waals surface area (Å²) < 4.78 is 27.5. The quantitative estimate of drug-likeness (QED) is 0.912. The minimum absolute atomic E-state index is 0.0303. The lowest BCUT2D eigenvalue weighted by atomic mass is 10.1. The Morgan fingerprint density at radius 2 is 1.92 bits per heavy atom. The number of likely N-dealkylation sites (N-methyl/N-ethyl adjacent to an activating group) is 1. The number of aryl methyl sites for hydroxylation is 1. The number of amides is 2. The molecule has 2 heterocycles. The highest BCUT2D eigenvalue weighted by molar-refractivity contribution is 5.89. The van der Waals surface area contributed by atoms with Crippen molar-refractivity contribution in [3.63, 3.8) is 0 Å². The average molecular weight is 361 g/mol. The summed E-state index contributed by atoms with van der Waals surface area (Å²) in [5, 5.41) is 2.34. The van der Waals surface area contributed by atoms with Crippen molar-refractivity contribution in [3.8, 4) is 0 Å². The number of hydrogen-bond donors (Lipinski definition) is 1. The van der Waals surface area contributed by atoms with Gasteiger partial charge in [0, 0.05) is 38.6 Å². The summed E-state index contributed by atoms with van der Waals surface area (Å²) in [4.78, 5) is 24.6. The molecule has 3 rings (SSSR count). The monoisotopic (exact) mass is 361 g/mol. The number of hydrogen-bond acceptors (Lipinski definition) is 4. The highest BCUT2D eigenvalue weighted by atomic mass is 19.1. The Morgan fingerprint density at radius 1 is 1.27 bits per heavy atom. The van der Waals surface area contributed by atoms with Gasteiger partial charge in [0.05, 0.1) is 0 Å². The molecule has 2 aromatic rings. The Kier molecular flexibility index (Phi) is 5.29. The second kappa shape index (κ2) is 7.63. The zero-order chi connectivity index (χ0) is 18.7. The number of nitrogens with one attached hydrogen (secondary N) is 1. The second-order valence-electron chi connectivity index (χ2n) is 6.44. The first-order chi connectivity index (χ1) is 12.5. The van der Waals surface area contributed by atoms with Gasteiger partial charge < -0.3 is 15.1 Å². The summed E-state index contributed by atoms with van der Waals surface area (Å²) >= 11 is 0. The Morgan fingerprint density at radius 3 is 2.58 bits per heavy atom. The highest BCUT2D eigenvalue weighted by Crippen LogP contribution is 2.22. The lowest BCUT2D eigenvalue weighted by Gasteiger charge is -2.37. The molecule has 0 spiro atoms. The minimum Gasteiger partial charge on any atom is -0.339 e. The number of aromatic nitrogens is 2. The van der Waals surface area contributed by atoms with E-state index in [1.807, 2.05) is 18.9 Å². The van der Waals surface area contributed by atoms with Crippen LogP contribution in [0.3, 0.4) is 0 Å². The van der Waals surface area contributed by atoms with Gasteiger partial charge in [-0.25, -0.2) is 23.5 Å². The van der Waals surface area contributed by atoms with E-state index in [1.165, 1.54) is 6.07 Å². The molecule has 1 aliphatic heterocycles. The van der Waals surface area contributed by atoms with Crippen LogP contribution in [0, 0.1) is 18.6 Å². The van der Waals surface area contributed by atoms with Crippen molar-refractivity contribution >= 4 is 17.7 Å². The number of likely N-dealkylation sites (tertiary alicyclic amines) is 1. The van der Waals surface area contributed by atoms with Gasteiger partial charge in [-0.3, -0.25) is 0 Å². The SMILES string of the molecule is Cc1cnc(N(C)C2CCCN(C(=O)Nc3c(F)cccc3F)C2)nc1. The van der Waals surface area contributed by atoms with Crippen LogP contribution in [0.25, 0.3) is 0 Å². The molecule has 1 aliphatic rings. The number of piperidine rings is 1. The minimum atomic E-state index is -0.794. The molecular weight excluding hydrogens is 340 g/mol. The lowest BCUT2D eigenvalue weighted by molar-refractivity contribution is 0.191. The highest BCUT2D eigenvalue weighted by Gasteiger charge is 2.28. The number of carbonyl (C=O) groups excluding carboxylic acids is 1. The van der Waals surface area contributed by atoms with Gasteiger partial charge in [0.15, 0.2) is 0 Å². The summed E-state index contributed by atoms with van der Waals surface area (Å²) in [6.45, 7) is 2.87. The van der Waals surface area contributed by atoms with Crippen molar-refractivity contribution in [2.45, 2.75) is 25.8 Å². The van der Waals surface area contributed by atoms with Gasteiger partial charge in [0.25, 0.3) is 0 Å². The van der Waals surface area contributed by atoms with Gasteiger partial charge in [-0.2, -0.15) is 0 Å². The molecule has 8 heteroatoms. The fraction of sp³-hybridized carbons (Fsp3) is 0.389. The summed E-state index contributed by atoms with van der Waals surface area (Å²) in [7, 11) is 1.88. The number of para-hydroxylation sites is 1. The van der Waals surface area contributed by atoms with Crippen LogP contribution >= 0.6 is 0 Å². The molecule has 0 radical (unpaired) electrons. The number of rotatable bonds is 3. The van der Waals surface area contributed by atoms with Gasteiger partial charge >= 0.3 is 6.03 Å². The Balaban J connectivity index is 1.68. The van der Waals surface area contributed by atoms with Crippen molar-refractivity contribution in [2.24, 2.45) is 0 Å². The maximum Gasteiger partial charge on any atom is 0.322 e. The smallest absolute Gasteiger partial charge is 0.322 e. The molecule has 26 heavy (non-hydrogen) atoms. The number of halogens is 2. The molecule has 6 nitrogen and oxygen atoms in total. The summed E-state index contributed by atoms with van der Waals surface area (Å²) in [5.74, 6) is -1.00. The molecule has 138 valence electrons. The Bertz CT molecular complexity index is 763. The Hall–Kier alpha value is -2.77. The van der Waals surface area contributed by atoms with E-state index in [4.69, 9.17) is 0 Å². The summed E-state index contributed by atoms with van der Waals surface area (Å²) in [5.41, 5.74) is 0.550. The standard InChI is InChI=1S/C18H21F2N5O/c1-12-9-21-17(22-10-12)24(2)13-5-4-8-25(11-13)18(26)23-16-14(19)6-3-7-15(16)20/h3,6-7,9-10,13H,4-5,8,11H2,1-2H3,(H,23,26). The molecule has 2 amide bonds. The normalized spacial score (nSPS) is 17.1. The first kappa shape index (κ1) is 18.0. The van der Waals surface area contributed by atoms with Crippen molar-refractivity contribution in [3.05, 3.63) is 47.8 Å². The number of anilines is 2. The van der Waals surface area contributed by atoms with Crippen LogP contribution in [0.15, 0.2) is 30.6 Å². The first-order valence-electron chi connectivity index (χ1n) is 8.47.